The molecule has 0 aromatic heterocycles. The number of hydrazone groups is 1. The van der Waals surface area contributed by atoms with Crippen LogP contribution in [0.5, 0.6) is 5.75 Å². The fourth-order valence-electron chi connectivity index (χ4n) is 3.01. The van der Waals surface area contributed by atoms with E-state index in [0.29, 0.717) is 12.3 Å². The van der Waals surface area contributed by atoms with Crippen LogP contribution in [0, 0.1) is 0 Å². The second kappa shape index (κ2) is 11.4. The molecule has 178 valence electrons. The number of nitrogens with zero attached hydrogens (tertiary/aromatic N) is 2. The first kappa shape index (κ1) is 25.6. The zero-order chi connectivity index (χ0) is 24.7. The minimum absolute atomic E-state index is 0.0305. The van der Waals surface area contributed by atoms with Gasteiger partial charge in [0.2, 0.25) is 0 Å². The van der Waals surface area contributed by atoms with Crippen molar-refractivity contribution in [3.05, 3.63) is 88.4 Å². The van der Waals surface area contributed by atoms with Gasteiger partial charge in [-0.15, -0.1) is 0 Å². The number of hydrogen-bond donors (Lipinski definition) is 1. The fourth-order valence-corrected chi connectivity index (χ4v) is 4.74. The average molecular weight is 520 g/mol. The first-order valence-corrected chi connectivity index (χ1v) is 12.5. The van der Waals surface area contributed by atoms with Crippen LogP contribution in [0.1, 0.15) is 19.4 Å². The fraction of sp³-hybridized carbons (Fsp3) is 0.167. The van der Waals surface area contributed by atoms with Gasteiger partial charge >= 0.3 is 0 Å². The molecule has 3 aromatic carbocycles. The molecule has 0 radical (unpaired) electrons. The van der Waals surface area contributed by atoms with Gasteiger partial charge in [-0.25, -0.2) is 13.8 Å². The van der Waals surface area contributed by atoms with Gasteiger partial charge in [0.05, 0.1) is 32.9 Å². The molecular formula is C24H23Cl2N3O4S. The summed E-state index contributed by atoms with van der Waals surface area (Å²) in [6, 6.07) is 19.4. The highest BCUT2D eigenvalue weighted by Crippen LogP contribution is 2.30. The third-order valence-electron chi connectivity index (χ3n) is 4.74. The highest BCUT2D eigenvalue weighted by Gasteiger charge is 2.27. The summed E-state index contributed by atoms with van der Waals surface area (Å²) < 4.78 is 33.0. The number of carbonyl (C=O) groups excluding carboxylic acids is 1. The molecule has 3 rings (SSSR count). The molecule has 0 heterocycles. The molecule has 0 fully saturated rings. The number of nitrogens with one attached hydrogen (secondary N) is 1. The van der Waals surface area contributed by atoms with E-state index in [9.17, 15) is 13.2 Å². The largest absolute Gasteiger partial charge is 0.494 e. The lowest BCUT2D eigenvalue weighted by Crippen LogP contribution is -2.39. The first-order chi connectivity index (χ1) is 16.2. The maximum atomic E-state index is 13.3. The van der Waals surface area contributed by atoms with Gasteiger partial charge in [-0.1, -0.05) is 41.4 Å². The molecule has 0 atom stereocenters. The van der Waals surface area contributed by atoms with E-state index in [1.54, 1.807) is 37.3 Å². The van der Waals surface area contributed by atoms with Crippen LogP contribution in [-0.4, -0.2) is 33.2 Å². The van der Waals surface area contributed by atoms with Crippen molar-refractivity contribution in [3.8, 4) is 5.75 Å². The number of benzene rings is 3. The molecule has 3 aromatic rings. The number of carbonyl (C=O) groups is 1. The Balaban J connectivity index is 1.83. The summed E-state index contributed by atoms with van der Waals surface area (Å²) in [6.45, 7) is 3.67. The highest BCUT2D eigenvalue weighted by atomic mass is 35.5. The zero-order valence-electron chi connectivity index (χ0n) is 18.5. The van der Waals surface area contributed by atoms with Crippen molar-refractivity contribution < 1.29 is 17.9 Å². The van der Waals surface area contributed by atoms with Gasteiger partial charge in [0.1, 0.15) is 12.3 Å². The Bertz CT molecular complexity index is 1280. The Morgan fingerprint density at radius 1 is 1.00 bits per heavy atom. The van der Waals surface area contributed by atoms with Gasteiger partial charge in [0, 0.05) is 0 Å². The van der Waals surface area contributed by atoms with Gasteiger partial charge < -0.3 is 4.74 Å². The van der Waals surface area contributed by atoms with E-state index in [1.807, 2.05) is 19.1 Å². The molecule has 1 amide bonds. The van der Waals surface area contributed by atoms with Crippen molar-refractivity contribution in [1.82, 2.24) is 5.43 Å². The predicted molar refractivity (Wildman–Crippen MR) is 135 cm³/mol. The number of sulfonamides is 1. The third kappa shape index (κ3) is 6.28. The molecule has 34 heavy (non-hydrogen) atoms. The summed E-state index contributed by atoms with van der Waals surface area (Å²) in [5.41, 5.74) is 3.94. The number of rotatable bonds is 9. The van der Waals surface area contributed by atoms with Crippen molar-refractivity contribution in [1.29, 1.82) is 0 Å². The smallest absolute Gasteiger partial charge is 0.264 e. The van der Waals surface area contributed by atoms with E-state index >= 15 is 0 Å². The summed E-state index contributed by atoms with van der Waals surface area (Å²) in [7, 11) is -4.07. The van der Waals surface area contributed by atoms with E-state index in [0.717, 1.165) is 15.6 Å². The molecule has 0 spiro atoms. The van der Waals surface area contributed by atoms with Crippen molar-refractivity contribution in [2.24, 2.45) is 5.10 Å². The van der Waals surface area contributed by atoms with E-state index in [-0.39, 0.29) is 20.6 Å². The van der Waals surface area contributed by atoms with Gasteiger partial charge in [-0.3, -0.25) is 9.10 Å². The Kier molecular flexibility index (Phi) is 8.55. The quantitative estimate of drug-likeness (QED) is 0.313. The summed E-state index contributed by atoms with van der Waals surface area (Å²) in [5.74, 6) is 0.0994. The van der Waals surface area contributed by atoms with Crippen LogP contribution in [0.15, 0.2) is 82.8 Å². The molecule has 0 bridgehead atoms. The van der Waals surface area contributed by atoms with E-state index in [2.05, 4.69) is 10.5 Å². The second-order valence-corrected chi connectivity index (χ2v) is 9.79. The van der Waals surface area contributed by atoms with Gasteiger partial charge in [0.25, 0.3) is 15.9 Å². The summed E-state index contributed by atoms with van der Waals surface area (Å²) in [4.78, 5) is 12.8. The van der Waals surface area contributed by atoms with Crippen LogP contribution in [-0.2, 0) is 14.8 Å². The standard InChI is InChI=1S/C24H23Cl2N3O4S/c1-3-33-20-12-9-18(10-13-20)17(2)27-28-24(30)16-29(19-11-14-22(25)23(26)15-19)34(31,32)21-7-5-4-6-8-21/h4-15H,3,16H2,1-2H3,(H,28,30)/b27-17-. The van der Waals surface area contributed by atoms with Gasteiger partial charge in [0.15, 0.2) is 0 Å². The summed E-state index contributed by atoms with van der Waals surface area (Å²) in [5, 5.41) is 4.54. The van der Waals surface area contributed by atoms with Crippen molar-refractivity contribution in [2.45, 2.75) is 18.7 Å². The Morgan fingerprint density at radius 3 is 2.29 bits per heavy atom. The van der Waals surface area contributed by atoms with Crippen molar-refractivity contribution in [3.63, 3.8) is 0 Å². The van der Waals surface area contributed by atoms with E-state index in [4.69, 9.17) is 27.9 Å². The number of amides is 1. The number of anilines is 1. The minimum atomic E-state index is -4.07. The lowest BCUT2D eigenvalue weighted by molar-refractivity contribution is -0.119. The summed E-state index contributed by atoms with van der Waals surface area (Å²) in [6.07, 6.45) is 0. The average Bonchev–Trinajstić information content (AvgIpc) is 2.84. The Labute approximate surface area is 209 Å². The minimum Gasteiger partial charge on any atom is -0.494 e. The molecule has 1 N–H and O–H groups in total. The monoisotopic (exact) mass is 519 g/mol. The van der Waals surface area contributed by atoms with Gasteiger partial charge in [-0.2, -0.15) is 5.10 Å². The molecule has 0 unspecified atom stereocenters. The van der Waals surface area contributed by atoms with E-state index in [1.165, 1.54) is 30.3 Å². The molecular weight excluding hydrogens is 497 g/mol. The first-order valence-electron chi connectivity index (χ1n) is 10.3. The Morgan fingerprint density at radius 2 is 1.68 bits per heavy atom. The van der Waals surface area contributed by atoms with Gasteiger partial charge in [-0.05, 0) is 74.0 Å². The normalized spacial score (nSPS) is 11.7. The van der Waals surface area contributed by atoms with E-state index < -0.39 is 22.5 Å². The number of hydrogen-bond acceptors (Lipinski definition) is 5. The maximum absolute atomic E-state index is 13.3. The SMILES string of the molecule is CCOc1ccc(/C(C)=N\NC(=O)CN(c2ccc(Cl)c(Cl)c2)S(=O)(=O)c2ccccc2)cc1. The van der Waals surface area contributed by atoms with Crippen molar-refractivity contribution in [2.75, 3.05) is 17.5 Å². The third-order valence-corrected chi connectivity index (χ3v) is 7.27. The second-order valence-electron chi connectivity index (χ2n) is 7.11. The summed E-state index contributed by atoms with van der Waals surface area (Å²) >= 11 is 12.1. The molecule has 0 aliphatic rings. The maximum Gasteiger partial charge on any atom is 0.264 e. The molecule has 7 nitrogen and oxygen atoms in total. The lowest BCUT2D eigenvalue weighted by atomic mass is 10.1. The van der Waals surface area contributed by atoms with Crippen LogP contribution in [0.2, 0.25) is 10.0 Å². The molecule has 10 heteroatoms. The molecule has 0 saturated carbocycles. The lowest BCUT2D eigenvalue weighted by Gasteiger charge is -2.24. The number of ether oxygens (including phenoxy) is 1. The molecule has 0 saturated heterocycles. The topological polar surface area (TPSA) is 88.1 Å². The van der Waals surface area contributed by atoms with Crippen molar-refractivity contribution >= 4 is 50.5 Å². The highest BCUT2D eigenvalue weighted by molar-refractivity contribution is 7.92. The Hall–Kier alpha value is -3.07. The zero-order valence-corrected chi connectivity index (χ0v) is 20.9. The van der Waals surface area contributed by atoms with Crippen LogP contribution < -0.4 is 14.5 Å². The van der Waals surface area contributed by atoms with Crippen LogP contribution in [0.25, 0.3) is 0 Å². The number of halogens is 2. The molecule has 0 aliphatic heterocycles. The predicted octanol–water partition coefficient (Wildman–Crippen LogP) is 5.13. The molecule has 0 aliphatic carbocycles. The van der Waals surface area contributed by atoms with Crippen LogP contribution >= 0.6 is 23.2 Å². The van der Waals surface area contributed by atoms with Crippen LogP contribution in [0.3, 0.4) is 0 Å². The van der Waals surface area contributed by atoms with Crippen LogP contribution in [0.4, 0.5) is 5.69 Å².